The molecule has 0 aliphatic carbocycles. The lowest BCUT2D eigenvalue weighted by Gasteiger charge is -2.23. The summed E-state index contributed by atoms with van der Waals surface area (Å²) in [6, 6.07) is 6.89. The maximum absolute atomic E-state index is 12.0. The van der Waals surface area contributed by atoms with Crippen LogP contribution in [0, 0.1) is 19.3 Å². The summed E-state index contributed by atoms with van der Waals surface area (Å²) >= 11 is 0. The van der Waals surface area contributed by atoms with Gasteiger partial charge in [-0.15, -0.1) is 6.42 Å². The number of hydrogen-bond acceptors (Lipinski definition) is 2. The minimum absolute atomic E-state index is 0.0938. The molecule has 0 saturated carbocycles. The maximum Gasteiger partial charge on any atom is 0.322 e. The summed E-state index contributed by atoms with van der Waals surface area (Å²) in [5.41, 5.74) is 1.57. The Labute approximate surface area is 112 Å². The van der Waals surface area contributed by atoms with Crippen molar-refractivity contribution < 1.29 is 14.7 Å². The number of anilines is 1. The number of carboxylic acids is 1. The molecule has 1 aromatic carbocycles. The number of aryl methyl sites for hydroxylation is 1. The standard InChI is InChI=1S/C14H16N2O3/c1-3-9-15-14(19)16(10-8-13(17)18)12-7-5-4-6-11(12)2/h1,4-7H,8-10H2,2H3,(H,15,19)(H,17,18). The first-order valence-electron chi connectivity index (χ1n) is 5.82. The third kappa shape index (κ3) is 4.36. The Morgan fingerprint density at radius 2 is 2.11 bits per heavy atom. The number of para-hydroxylation sites is 1. The van der Waals surface area contributed by atoms with Crippen molar-refractivity contribution in [3.05, 3.63) is 29.8 Å². The van der Waals surface area contributed by atoms with Gasteiger partial charge in [0.2, 0.25) is 0 Å². The van der Waals surface area contributed by atoms with E-state index < -0.39 is 12.0 Å². The monoisotopic (exact) mass is 260 g/mol. The van der Waals surface area contributed by atoms with Gasteiger partial charge in [0.05, 0.1) is 13.0 Å². The number of nitrogens with zero attached hydrogens (tertiary/aromatic N) is 1. The predicted octanol–water partition coefficient (Wildman–Crippen LogP) is 1.62. The largest absolute Gasteiger partial charge is 0.481 e. The lowest BCUT2D eigenvalue weighted by Crippen LogP contribution is -2.41. The minimum Gasteiger partial charge on any atom is -0.481 e. The SMILES string of the molecule is C#CCNC(=O)N(CCC(=O)O)c1ccccc1C. The van der Waals surface area contributed by atoms with E-state index in [4.69, 9.17) is 11.5 Å². The van der Waals surface area contributed by atoms with Crippen molar-refractivity contribution in [2.24, 2.45) is 0 Å². The van der Waals surface area contributed by atoms with Gasteiger partial charge in [0.25, 0.3) is 0 Å². The Hall–Kier alpha value is -2.48. The average Bonchev–Trinajstić information content (AvgIpc) is 2.38. The van der Waals surface area contributed by atoms with Crippen LogP contribution >= 0.6 is 0 Å². The first-order chi connectivity index (χ1) is 9.06. The van der Waals surface area contributed by atoms with E-state index in [-0.39, 0.29) is 19.5 Å². The first-order valence-corrected chi connectivity index (χ1v) is 5.82. The Bertz CT molecular complexity index is 506. The Morgan fingerprint density at radius 1 is 1.42 bits per heavy atom. The molecule has 19 heavy (non-hydrogen) atoms. The van der Waals surface area contributed by atoms with E-state index in [9.17, 15) is 9.59 Å². The van der Waals surface area contributed by atoms with Gasteiger partial charge in [0, 0.05) is 12.2 Å². The molecule has 5 heteroatoms. The fraction of sp³-hybridized carbons (Fsp3) is 0.286. The zero-order valence-corrected chi connectivity index (χ0v) is 10.7. The zero-order chi connectivity index (χ0) is 14.3. The van der Waals surface area contributed by atoms with Crippen LogP contribution in [0.25, 0.3) is 0 Å². The molecule has 1 aromatic rings. The molecule has 2 N–H and O–H groups in total. The molecular weight excluding hydrogens is 244 g/mol. The molecule has 0 radical (unpaired) electrons. The van der Waals surface area contributed by atoms with Crippen LogP contribution in [0.1, 0.15) is 12.0 Å². The highest BCUT2D eigenvalue weighted by atomic mass is 16.4. The number of nitrogens with one attached hydrogen (secondary N) is 1. The van der Waals surface area contributed by atoms with Crippen molar-refractivity contribution >= 4 is 17.7 Å². The number of urea groups is 1. The van der Waals surface area contributed by atoms with Gasteiger partial charge in [-0.25, -0.2) is 4.79 Å². The van der Waals surface area contributed by atoms with Gasteiger partial charge in [-0.3, -0.25) is 9.69 Å². The lowest BCUT2D eigenvalue weighted by atomic mass is 10.2. The van der Waals surface area contributed by atoms with Crippen molar-refractivity contribution in [2.45, 2.75) is 13.3 Å². The molecule has 0 saturated heterocycles. The Kier molecular flexibility index (Phi) is 5.42. The second kappa shape index (κ2) is 7.07. The van der Waals surface area contributed by atoms with Gasteiger partial charge >= 0.3 is 12.0 Å². The van der Waals surface area contributed by atoms with Crippen LogP contribution < -0.4 is 10.2 Å². The number of terminal acetylenes is 1. The van der Waals surface area contributed by atoms with E-state index in [1.165, 1.54) is 4.90 Å². The van der Waals surface area contributed by atoms with Crippen molar-refractivity contribution in [3.8, 4) is 12.3 Å². The quantitative estimate of drug-likeness (QED) is 0.790. The van der Waals surface area contributed by atoms with E-state index in [1.54, 1.807) is 12.1 Å². The maximum atomic E-state index is 12.0. The summed E-state index contributed by atoms with van der Waals surface area (Å²) in [4.78, 5) is 24.0. The molecule has 0 unspecified atom stereocenters. The van der Waals surface area contributed by atoms with E-state index in [0.29, 0.717) is 5.69 Å². The molecule has 0 aromatic heterocycles. The highest BCUT2D eigenvalue weighted by Gasteiger charge is 2.17. The zero-order valence-electron chi connectivity index (χ0n) is 10.7. The molecule has 0 aliphatic rings. The van der Waals surface area contributed by atoms with Crippen LogP contribution in [0.5, 0.6) is 0 Å². The van der Waals surface area contributed by atoms with Gasteiger partial charge in [-0.05, 0) is 18.6 Å². The molecular formula is C14H16N2O3. The summed E-state index contributed by atoms with van der Waals surface area (Å²) in [6.07, 6.45) is 4.96. The highest BCUT2D eigenvalue weighted by Crippen LogP contribution is 2.19. The number of aliphatic carboxylic acids is 1. The normalized spacial score (nSPS) is 9.47. The van der Waals surface area contributed by atoms with Gasteiger partial charge in [-0.1, -0.05) is 24.1 Å². The summed E-state index contributed by atoms with van der Waals surface area (Å²) in [5.74, 6) is 1.35. The van der Waals surface area contributed by atoms with E-state index >= 15 is 0 Å². The number of benzene rings is 1. The summed E-state index contributed by atoms with van der Waals surface area (Å²) in [6.45, 7) is 2.06. The molecule has 0 spiro atoms. The van der Waals surface area contributed by atoms with Crippen LogP contribution in [-0.2, 0) is 4.79 Å². The molecule has 0 aliphatic heterocycles. The van der Waals surface area contributed by atoms with Crippen molar-refractivity contribution in [2.75, 3.05) is 18.0 Å². The fourth-order valence-electron chi connectivity index (χ4n) is 1.63. The summed E-state index contributed by atoms with van der Waals surface area (Å²) in [7, 11) is 0. The van der Waals surface area contributed by atoms with Crippen molar-refractivity contribution in [1.82, 2.24) is 5.32 Å². The van der Waals surface area contributed by atoms with Crippen molar-refractivity contribution in [3.63, 3.8) is 0 Å². The third-order valence-corrected chi connectivity index (χ3v) is 2.54. The summed E-state index contributed by atoms with van der Waals surface area (Å²) < 4.78 is 0. The number of carboxylic acid groups (broad SMARTS) is 1. The molecule has 0 atom stereocenters. The van der Waals surface area contributed by atoms with Crippen molar-refractivity contribution in [1.29, 1.82) is 0 Å². The van der Waals surface area contributed by atoms with Crippen LogP contribution in [0.4, 0.5) is 10.5 Å². The molecule has 2 amide bonds. The molecule has 0 heterocycles. The molecule has 100 valence electrons. The van der Waals surface area contributed by atoms with Gasteiger partial charge in [0.15, 0.2) is 0 Å². The highest BCUT2D eigenvalue weighted by molar-refractivity contribution is 5.93. The number of hydrogen-bond donors (Lipinski definition) is 2. The van der Waals surface area contributed by atoms with E-state index in [0.717, 1.165) is 5.56 Å². The summed E-state index contributed by atoms with van der Waals surface area (Å²) in [5, 5.41) is 11.3. The van der Waals surface area contributed by atoms with Crippen LogP contribution in [0.2, 0.25) is 0 Å². The topological polar surface area (TPSA) is 69.6 Å². The number of amides is 2. The Morgan fingerprint density at radius 3 is 2.68 bits per heavy atom. The molecule has 5 nitrogen and oxygen atoms in total. The second-order valence-corrected chi connectivity index (χ2v) is 3.94. The van der Waals surface area contributed by atoms with Gasteiger partial charge < -0.3 is 10.4 Å². The van der Waals surface area contributed by atoms with Crippen LogP contribution in [0.15, 0.2) is 24.3 Å². The molecule has 0 bridgehead atoms. The Balaban J connectivity index is 2.92. The minimum atomic E-state index is -0.955. The lowest BCUT2D eigenvalue weighted by molar-refractivity contribution is -0.136. The van der Waals surface area contributed by atoms with Crippen LogP contribution in [-0.4, -0.2) is 30.2 Å². The van der Waals surface area contributed by atoms with E-state index in [1.807, 2.05) is 19.1 Å². The fourth-order valence-corrected chi connectivity index (χ4v) is 1.63. The number of rotatable bonds is 5. The number of carbonyl (C=O) groups excluding carboxylic acids is 1. The second-order valence-electron chi connectivity index (χ2n) is 3.94. The average molecular weight is 260 g/mol. The van der Waals surface area contributed by atoms with Gasteiger partial charge in [-0.2, -0.15) is 0 Å². The third-order valence-electron chi connectivity index (χ3n) is 2.54. The smallest absolute Gasteiger partial charge is 0.322 e. The molecule has 1 rings (SSSR count). The predicted molar refractivity (Wildman–Crippen MR) is 73.0 cm³/mol. The van der Waals surface area contributed by atoms with Gasteiger partial charge in [0.1, 0.15) is 0 Å². The first kappa shape index (κ1) is 14.6. The molecule has 0 fully saturated rings. The number of carbonyl (C=O) groups is 2. The van der Waals surface area contributed by atoms with Crippen LogP contribution in [0.3, 0.4) is 0 Å². The van der Waals surface area contributed by atoms with E-state index in [2.05, 4.69) is 11.2 Å².